The van der Waals surface area contributed by atoms with Gasteiger partial charge in [0.05, 0.1) is 0 Å². The first-order valence-electron chi connectivity index (χ1n) is 8.43. The number of amides is 1. The number of aromatic nitrogens is 1. The number of alkyl halides is 3. The van der Waals surface area contributed by atoms with Gasteiger partial charge in [-0.3, -0.25) is 4.79 Å². The van der Waals surface area contributed by atoms with Crippen molar-refractivity contribution in [2.45, 2.75) is 51.2 Å². The number of carbonyl (C=O) groups is 1. The average molecular weight is 432 g/mol. The van der Waals surface area contributed by atoms with E-state index in [0.717, 1.165) is 25.7 Å². The molecule has 0 aliphatic heterocycles. The summed E-state index contributed by atoms with van der Waals surface area (Å²) in [6, 6.07) is 2.94. The van der Waals surface area contributed by atoms with Crippen molar-refractivity contribution in [1.29, 1.82) is 0 Å². The Labute approximate surface area is 169 Å². The highest BCUT2D eigenvalue weighted by Crippen LogP contribution is 2.38. The molecule has 0 aromatic carbocycles. The van der Waals surface area contributed by atoms with Crippen LogP contribution in [0.2, 0.25) is 0 Å². The van der Waals surface area contributed by atoms with Crippen LogP contribution in [0.4, 0.5) is 13.2 Å². The van der Waals surface area contributed by atoms with Gasteiger partial charge in [0.15, 0.2) is 6.61 Å². The molecule has 10 heteroatoms. The van der Waals surface area contributed by atoms with E-state index in [1.54, 1.807) is 6.07 Å². The first-order chi connectivity index (χ1) is 11.8. The van der Waals surface area contributed by atoms with Gasteiger partial charge in [-0.25, -0.2) is 4.98 Å². The molecule has 27 heavy (non-hydrogen) atoms. The largest absolute Gasteiger partial charge is 0.468 e. The van der Waals surface area contributed by atoms with Crippen LogP contribution in [0.15, 0.2) is 18.3 Å². The predicted molar refractivity (Wildman–Crippen MR) is 101 cm³/mol. The van der Waals surface area contributed by atoms with Crippen LogP contribution in [0.1, 0.15) is 44.1 Å². The van der Waals surface area contributed by atoms with Crippen molar-refractivity contribution in [1.82, 2.24) is 10.3 Å². The first kappa shape index (κ1) is 25.8. The monoisotopic (exact) mass is 431 g/mol. The van der Waals surface area contributed by atoms with Gasteiger partial charge in [0.1, 0.15) is 0 Å². The zero-order chi connectivity index (χ0) is 18.3. The quantitative estimate of drug-likeness (QED) is 0.688. The van der Waals surface area contributed by atoms with E-state index in [9.17, 15) is 18.0 Å². The normalized spacial score (nSPS) is 15.9. The molecule has 0 spiro atoms. The Balaban J connectivity index is 0.00000338. The number of nitrogens with one attached hydrogen (secondary N) is 1. The van der Waals surface area contributed by atoms with Crippen molar-refractivity contribution in [2.24, 2.45) is 11.1 Å². The molecule has 3 N–H and O–H groups in total. The fraction of sp³-hybridized carbons (Fsp3) is 0.647. The van der Waals surface area contributed by atoms with Crippen molar-refractivity contribution < 1.29 is 22.7 Å². The van der Waals surface area contributed by atoms with Crippen molar-refractivity contribution in [3.05, 3.63) is 23.9 Å². The molecule has 1 aromatic rings. The summed E-state index contributed by atoms with van der Waals surface area (Å²) in [7, 11) is 0. The topological polar surface area (TPSA) is 77.2 Å². The smallest absolute Gasteiger partial charge is 0.422 e. The lowest BCUT2D eigenvalue weighted by Crippen LogP contribution is -2.38. The lowest BCUT2D eigenvalue weighted by molar-refractivity contribution is -0.154. The van der Waals surface area contributed by atoms with E-state index < -0.39 is 12.8 Å². The van der Waals surface area contributed by atoms with E-state index in [-0.39, 0.29) is 48.6 Å². The zero-order valence-electron chi connectivity index (χ0n) is 14.9. The second kappa shape index (κ2) is 11.6. The Morgan fingerprint density at radius 2 is 1.89 bits per heavy atom. The standard InChI is InChI=1S/C17H24F3N3O2.2ClH/c18-17(19,20)12-25-15-5-4-13(10-23-15)9-22-14(24)8-16(11-21)6-2-1-3-7-16;;/h4-5,10H,1-3,6-9,11-12,21H2,(H,22,24);2*1H. The maximum Gasteiger partial charge on any atom is 0.422 e. The average Bonchev–Trinajstić information content (AvgIpc) is 2.59. The molecule has 5 nitrogen and oxygen atoms in total. The second-order valence-electron chi connectivity index (χ2n) is 6.63. The van der Waals surface area contributed by atoms with Gasteiger partial charge in [-0.05, 0) is 30.4 Å². The highest BCUT2D eigenvalue weighted by Gasteiger charge is 2.32. The minimum absolute atomic E-state index is 0. The van der Waals surface area contributed by atoms with Gasteiger partial charge >= 0.3 is 6.18 Å². The maximum atomic E-state index is 12.2. The maximum absolute atomic E-state index is 12.2. The van der Waals surface area contributed by atoms with Crippen LogP contribution in [0, 0.1) is 5.41 Å². The minimum atomic E-state index is -4.40. The summed E-state index contributed by atoms with van der Waals surface area (Å²) < 4.78 is 40.8. The molecule has 1 heterocycles. The van der Waals surface area contributed by atoms with Gasteiger partial charge in [0.2, 0.25) is 11.8 Å². The van der Waals surface area contributed by atoms with Gasteiger partial charge < -0.3 is 15.8 Å². The molecular formula is C17H26Cl2F3N3O2. The molecule has 156 valence electrons. The summed E-state index contributed by atoms with van der Waals surface area (Å²) in [6.45, 7) is -0.601. The van der Waals surface area contributed by atoms with Crippen LogP contribution >= 0.6 is 24.8 Å². The Hall–Kier alpha value is -1.25. The third-order valence-electron chi connectivity index (χ3n) is 4.55. The summed E-state index contributed by atoms with van der Waals surface area (Å²) >= 11 is 0. The summed E-state index contributed by atoms with van der Waals surface area (Å²) in [5, 5.41) is 2.83. The summed E-state index contributed by atoms with van der Waals surface area (Å²) in [5.74, 6) is -0.165. The van der Waals surface area contributed by atoms with Crippen LogP contribution in [-0.2, 0) is 11.3 Å². The first-order valence-corrected chi connectivity index (χ1v) is 8.43. The van der Waals surface area contributed by atoms with Crippen LogP contribution in [0.3, 0.4) is 0 Å². The van der Waals surface area contributed by atoms with E-state index >= 15 is 0 Å². The summed E-state index contributed by atoms with van der Waals surface area (Å²) in [4.78, 5) is 16.0. The van der Waals surface area contributed by atoms with E-state index in [0.29, 0.717) is 18.5 Å². The van der Waals surface area contributed by atoms with Crippen LogP contribution in [0.25, 0.3) is 0 Å². The SMILES string of the molecule is Cl.Cl.NCC1(CC(=O)NCc2ccc(OCC(F)(F)F)nc2)CCCCC1. The third kappa shape index (κ3) is 8.99. The van der Waals surface area contributed by atoms with Crippen molar-refractivity contribution in [3.63, 3.8) is 0 Å². The van der Waals surface area contributed by atoms with Crippen LogP contribution < -0.4 is 15.8 Å². The Morgan fingerprint density at radius 3 is 2.41 bits per heavy atom. The predicted octanol–water partition coefficient (Wildman–Crippen LogP) is 3.78. The van der Waals surface area contributed by atoms with Crippen molar-refractivity contribution in [2.75, 3.05) is 13.2 Å². The van der Waals surface area contributed by atoms with E-state index in [1.807, 2.05) is 0 Å². The van der Waals surface area contributed by atoms with E-state index in [1.165, 1.54) is 18.7 Å². The molecule has 1 aromatic heterocycles. The molecule has 0 saturated heterocycles. The molecule has 0 bridgehead atoms. The van der Waals surface area contributed by atoms with Crippen LogP contribution in [-0.4, -0.2) is 30.2 Å². The number of rotatable bonds is 7. The molecule has 2 rings (SSSR count). The number of hydrogen-bond acceptors (Lipinski definition) is 4. The number of ether oxygens (including phenoxy) is 1. The summed E-state index contributed by atoms with van der Waals surface area (Å²) in [6.07, 6.45) is 2.76. The van der Waals surface area contributed by atoms with Crippen molar-refractivity contribution in [3.8, 4) is 5.88 Å². The van der Waals surface area contributed by atoms with E-state index in [4.69, 9.17) is 5.73 Å². The summed E-state index contributed by atoms with van der Waals surface area (Å²) in [5.41, 5.74) is 6.48. The lowest BCUT2D eigenvalue weighted by Gasteiger charge is -2.35. The Kier molecular flexibility index (Phi) is 11.0. The molecule has 0 radical (unpaired) electrons. The number of nitrogens with two attached hydrogens (primary N) is 1. The van der Waals surface area contributed by atoms with E-state index in [2.05, 4.69) is 15.0 Å². The number of nitrogens with zero attached hydrogens (tertiary/aromatic N) is 1. The van der Waals surface area contributed by atoms with Gasteiger partial charge in [-0.1, -0.05) is 25.3 Å². The number of halogens is 5. The molecule has 1 aliphatic rings. The highest BCUT2D eigenvalue weighted by atomic mass is 35.5. The fourth-order valence-corrected chi connectivity index (χ4v) is 3.12. The second-order valence-corrected chi connectivity index (χ2v) is 6.63. The zero-order valence-corrected chi connectivity index (χ0v) is 16.5. The van der Waals surface area contributed by atoms with Gasteiger partial charge in [-0.15, -0.1) is 24.8 Å². The molecule has 0 atom stereocenters. The highest BCUT2D eigenvalue weighted by molar-refractivity contribution is 5.85. The number of carbonyl (C=O) groups excluding carboxylic acids is 1. The minimum Gasteiger partial charge on any atom is -0.468 e. The van der Waals surface area contributed by atoms with Gasteiger partial charge in [-0.2, -0.15) is 13.2 Å². The lowest BCUT2D eigenvalue weighted by atomic mass is 9.71. The fourth-order valence-electron chi connectivity index (χ4n) is 3.12. The molecule has 1 fully saturated rings. The van der Waals surface area contributed by atoms with Gasteiger partial charge in [0, 0.05) is 25.2 Å². The number of pyridine rings is 1. The Morgan fingerprint density at radius 1 is 1.22 bits per heavy atom. The molecule has 1 aliphatic carbocycles. The molecular weight excluding hydrogens is 406 g/mol. The molecule has 1 saturated carbocycles. The molecule has 1 amide bonds. The number of hydrogen-bond donors (Lipinski definition) is 2. The molecule has 0 unspecified atom stereocenters. The van der Waals surface area contributed by atoms with Crippen molar-refractivity contribution >= 4 is 30.7 Å². The Bertz CT molecular complexity index is 566. The van der Waals surface area contributed by atoms with Gasteiger partial charge in [0.25, 0.3) is 0 Å². The third-order valence-corrected chi connectivity index (χ3v) is 4.55. The van der Waals surface area contributed by atoms with Crippen LogP contribution in [0.5, 0.6) is 5.88 Å².